The summed E-state index contributed by atoms with van der Waals surface area (Å²) in [7, 11) is 2.06. The van der Waals surface area contributed by atoms with E-state index in [0.717, 1.165) is 31.7 Å². The number of hydrogen-bond donors (Lipinski definition) is 1. The molecule has 0 aromatic heterocycles. The van der Waals surface area contributed by atoms with Gasteiger partial charge in [0.1, 0.15) is 0 Å². The molecule has 1 saturated heterocycles. The van der Waals surface area contributed by atoms with E-state index in [2.05, 4.69) is 11.9 Å². The summed E-state index contributed by atoms with van der Waals surface area (Å²) in [5.41, 5.74) is 7.84. The minimum Gasteiger partial charge on any atom is -0.398 e. The number of halogens is 1. The number of carbonyl (C=O) groups is 1. The fourth-order valence-corrected chi connectivity index (χ4v) is 2.33. The Morgan fingerprint density at radius 3 is 2.50 bits per heavy atom. The van der Waals surface area contributed by atoms with Crippen LogP contribution in [0.3, 0.4) is 0 Å². The van der Waals surface area contributed by atoms with Crippen LogP contribution in [0.15, 0.2) is 12.1 Å². The molecule has 0 saturated carbocycles. The number of rotatable bonds is 1. The number of anilines is 1. The predicted octanol–water partition coefficient (Wildman–Crippen LogP) is 1.62. The largest absolute Gasteiger partial charge is 0.398 e. The highest BCUT2D eigenvalue weighted by Crippen LogP contribution is 2.23. The molecule has 0 unspecified atom stereocenters. The van der Waals surface area contributed by atoms with Gasteiger partial charge >= 0.3 is 0 Å². The Morgan fingerprint density at radius 1 is 1.28 bits per heavy atom. The van der Waals surface area contributed by atoms with Crippen LogP contribution in [-0.2, 0) is 0 Å². The molecule has 2 rings (SSSR count). The van der Waals surface area contributed by atoms with E-state index in [1.165, 1.54) is 0 Å². The summed E-state index contributed by atoms with van der Waals surface area (Å²) in [6.07, 6.45) is 0. The molecule has 0 bridgehead atoms. The Hall–Kier alpha value is -1.26. The van der Waals surface area contributed by atoms with Crippen LogP contribution in [0.2, 0.25) is 5.02 Å². The first-order chi connectivity index (χ1) is 8.49. The zero-order valence-corrected chi connectivity index (χ0v) is 11.5. The lowest BCUT2D eigenvalue weighted by atomic mass is 10.1. The van der Waals surface area contributed by atoms with Crippen molar-refractivity contribution < 1.29 is 4.79 Å². The SMILES string of the molecule is Cc1c(N)cc(Cl)cc1C(=O)N1CCN(C)CC1. The lowest BCUT2D eigenvalue weighted by Crippen LogP contribution is -2.47. The minimum atomic E-state index is 0.0230. The Kier molecular flexibility index (Phi) is 3.78. The maximum absolute atomic E-state index is 12.4. The number of carbonyl (C=O) groups excluding carboxylic acids is 1. The number of nitrogens with two attached hydrogens (primary N) is 1. The molecule has 5 heteroatoms. The van der Waals surface area contributed by atoms with E-state index >= 15 is 0 Å². The smallest absolute Gasteiger partial charge is 0.254 e. The maximum atomic E-state index is 12.4. The second-order valence-electron chi connectivity index (χ2n) is 4.76. The van der Waals surface area contributed by atoms with Gasteiger partial charge in [0.2, 0.25) is 0 Å². The highest BCUT2D eigenvalue weighted by Gasteiger charge is 2.22. The van der Waals surface area contributed by atoms with E-state index in [-0.39, 0.29) is 5.91 Å². The fraction of sp³-hybridized carbons (Fsp3) is 0.462. The van der Waals surface area contributed by atoms with Crippen molar-refractivity contribution >= 4 is 23.2 Å². The van der Waals surface area contributed by atoms with Gasteiger partial charge in [0.25, 0.3) is 5.91 Å². The summed E-state index contributed by atoms with van der Waals surface area (Å²) in [4.78, 5) is 16.5. The van der Waals surface area contributed by atoms with Crippen molar-refractivity contribution in [2.24, 2.45) is 0 Å². The van der Waals surface area contributed by atoms with Gasteiger partial charge in [-0.25, -0.2) is 0 Å². The van der Waals surface area contributed by atoms with Gasteiger partial charge in [0, 0.05) is 42.5 Å². The van der Waals surface area contributed by atoms with E-state index in [1.807, 2.05) is 11.8 Å². The molecule has 1 amide bonds. The first-order valence-corrected chi connectivity index (χ1v) is 6.40. The van der Waals surface area contributed by atoms with Crippen molar-refractivity contribution in [1.82, 2.24) is 9.80 Å². The molecule has 1 aromatic rings. The quantitative estimate of drug-likeness (QED) is 0.787. The molecule has 1 heterocycles. The molecule has 1 aliphatic rings. The Morgan fingerprint density at radius 2 is 1.89 bits per heavy atom. The standard InChI is InChI=1S/C13H18ClN3O/c1-9-11(7-10(14)8-12(9)15)13(18)17-5-3-16(2)4-6-17/h7-8H,3-6,15H2,1-2H3. The van der Waals surface area contributed by atoms with Crippen LogP contribution in [0.25, 0.3) is 0 Å². The third-order valence-corrected chi connectivity index (χ3v) is 3.65. The van der Waals surface area contributed by atoms with Gasteiger partial charge in [0.15, 0.2) is 0 Å². The number of likely N-dealkylation sites (N-methyl/N-ethyl adjacent to an activating group) is 1. The van der Waals surface area contributed by atoms with Gasteiger partial charge < -0.3 is 15.5 Å². The monoisotopic (exact) mass is 267 g/mol. The third kappa shape index (κ3) is 2.60. The summed E-state index contributed by atoms with van der Waals surface area (Å²) in [5.74, 6) is 0.0230. The topological polar surface area (TPSA) is 49.6 Å². The Balaban J connectivity index is 2.23. The zero-order valence-electron chi connectivity index (χ0n) is 10.7. The van der Waals surface area contributed by atoms with Gasteiger partial charge in [-0.05, 0) is 31.7 Å². The van der Waals surface area contributed by atoms with Gasteiger partial charge in [-0.1, -0.05) is 11.6 Å². The van der Waals surface area contributed by atoms with E-state index in [9.17, 15) is 4.79 Å². The van der Waals surface area contributed by atoms with E-state index in [0.29, 0.717) is 16.3 Å². The van der Waals surface area contributed by atoms with Gasteiger partial charge in [0.05, 0.1) is 0 Å². The van der Waals surface area contributed by atoms with Crippen molar-refractivity contribution in [2.75, 3.05) is 39.0 Å². The Bertz CT molecular complexity index is 468. The van der Waals surface area contributed by atoms with Crippen LogP contribution < -0.4 is 5.73 Å². The molecule has 0 atom stereocenters. The lowest BCUT2D eigenvalue weighted by Gasteiger charge is -2.32. The van der Waals surface area contributed by atoms with Crippen LogP contribution in [0.1, 0.15) is 15.9 Å². The van der Waals surface area contributed by atoms with Crippen molar-refractivity contribution in [3.63, 3.8) is 0 Å². The molecule has 98 valence electrons. The number of piperazine rings is 1. The van der Waals surface area contributed by atoms with Crippen LogP contribution in [0, 0.1) is 6.92 Å². The molecule has 0 spiro atoms. The predicted molar refractivity (Wildman–Crippen MR) is 74.0 cm³/mol. The minimum absolute atomic E-state index is 0.0230. The number of nitrogens with zero attached hydrogens (tertiary/aromatic N) is 2. The highest BCUT2D eigenvalue weighted by atomic mass is 35.5. The molecule has 1 aliphatic heterocycles. The number of amides is 1. The average molecular weight is 268 g/mol. The number of nitrogen functional groups attached to an aromatic ring is 1. The number of benzene rings is 1. The molecule has 18 heavy (non-hydrogen) atoms. The van der Waals surface area contributed by atoms with Crippen LogP contribution in [0.4, 0.5) is 5.69 Å². The molecular weight excluding hydrogens is 250 g/mol. The van der Waals surface area contributed by atoms with Gasteiger partial charge in [-0.3, -0.25) is 4.79 Å². The molecule has 2 N–H and O–H groups in total. The maximum Gasteiger partial charge on any atom is 0.254 e. The van der Waals surface area contributed by atoms with Gasteiger partial charge in [-0.15, -0.1) is 0 Å². The second kappa shape index (κ2) is 5.16. The Labute approximate surface area is 112 Å². The molecule has 0 radical (unpaired) electrons. The third-order valence-electron chi connectivity index (χ3n) is 3.43. The van der Waals surface area contributed by atoms with Crippen LogP contribution >= 0.6 is 11.6 Å². The first kappa shape index (κ1) is 13.2. The molecule has 0 aliphatic carbocycles. The molecule has 1 aromatic carbocycles. The normalized spacial score (nSPS) is 16.9. The van der Waals surface area contributed by atoms with Crippen molar-refractivity contribution in [3.8, 4) is 0 Å². The zero-order chi connectivity index (χ0) is 13.3. The highest BCUT2D eigenvalue weighted by molar-refractivity contribution is 6.31. The van der Waals surface area contributed by atoms with Crippen molar-refractivity contribution in [1.29, 1.82) is 0 Å². The lowest BCUT2D eigenvalue weighted by molar-refractivity contribution is 0.0663. The summed E-state index contributed by atoms with van der Waals surface area (Å²) in [6, 6.07) is 3.38. The number of hydrogen-bond acceptors (Lipinski definition) is 3. The van der Waals surface area contributed by atoms with Crippen molar-refractivity contribution in [3.05, 3.63) is 28.3 Å². The molecule has 1 fully saturated rings. The second-order valence-corrected chi connectivity index (χ2v) is 5.20. The van der Waals surface area contributed by atoms with Crippen LogP contribution in [-0.4, -0.2) is 48.9 Å². The molecule has 4 nitrogen and oxygen atoms in total. The van der Waals surface area contributed by atoms with E-state index in [4.69, 9.17) is 17.3 Å². The van der Waals surface area contributed by atoms with Gasteiger partial charge in [-0.2, -0.15) is 0 Å². The van der Waals surface area contributed by atoms with E-state index in [1.54, 1.807) is 12.1 Å². The average Bonchev–Trinajstić information content (AvgIpc) is 2.34. The van der Waals surface area contributed by atoms with Crippen LogP contribution in [0.5, 0.6) is 0 Å². The summed E-state index contributed by atoms with van der Waals surface area (Å²) in [5, 5.41) is 0.510. The molecular formula is C13H18ClN3O. The van der Waals surface area contributed by atoms with E-state index < -0.39 is 0 Å². The van der Waals surface area contributed by atoms with Crippen molar-refractivity contribution in [2.45, 2.75) is 6.92 Å². The fourth-order valence-electron chi connectivity index (χ4n) is 2.10. The first-order valence-electron chi connectivity index (χ1n) is 6.02. The summed E-state index contributed by atoms with van der Waals surface area (Å²) >= 11 is 5.97. The summed E-state index contributed by atoms with van der Waals surface area (Å²) in [6.45, 7) is 5.17. The summed E-state index contributed by atoms with van der Waals surface area (Å²) < 4.78 is 0.